The highest BCUT2D eigenvalue weighted by atomic mass is 15.4. The van der Waals surface area contributed by atoms with E-state index in [4.69, 9.17) is 0 Å². The van der Waals surface area contributed by atoms with Crippen LogP contribution in [-0.4, -0.2) is 27.6 Å². The van der Waals surface area contributed by atoms with Gasteiger partial charge in [0.15, 0.2) is 0 Å². The number of rotatable bonds is 1. The van der Waals surface area contributed by atoms with Gasteiger partial charge in [-0.15, -0.1) is 5.10 Å². The molecule has 1 saturated heterocycles. The minimum absolute atomic E-state index is 0.520. The highest BCUT2D eigenvalue weighted by Crippen LogP contribution is 2.30. The molecule has 0 aliphatic carbocycles. The molecule has 3 unspecified atom stereocenters. The van der Waals surface area contributed by atoms with Crippen LogP contribution in [0.3, 0.4) is 0 Å². The van der Waals surface area contributed by atoms with Crippen molar-refractivity contribution in [3.05, 3.63) is 11.9 Å². The van der Waals surface area contributed by atoms with Gasteiger partial charge >= 0.3 is 0 Å². The lowest BCUT2D eigenvalue weighted by atomic mass is 9.90. The van der Waals surface area contributed by atoms with E-state index in [1.165, 1.54) is 0 Å². The van der Waals surface area contributed by atoms with Gasteiger partial charge in [0.25, 0.3) is 0 Å². The molecule has 4 heteroatoms. The lowest BCUT2D eigenvalue weighted by molar-refractivity contribution is 0.506. The summed E-state index contributed by atoms with van der Waals surface area (Å²) in [6.45, 7) is 5.56. The van der Waals surface area contributed by atoms with Crippen LogP contribution in [0.15, 0.2) is 6.20 Å². The van der Waals surface area contributed by atoms with Crippen LogP contribution in [-0.2, 0) is 7.05 Å². The molecule has 1 aliphatic heterocycles. The molecule has 2 rings (SSSR count). The van der Waals surface area contributed by atoms with E-state index in [0.29, 0.717) is 17.9 Å². The second-order valence-corrected chi connectivity index (χ2v) is 4.02. The molecule has 1 aliphatic rings. The monoisotopic (exact) mass is 180 g/mol. The number of aromatic nitrogens is 3. The topological polar surface area (TPSA) is 42.7 Å². The third-order valence-corrected chi connectivity index (χ3v) is 2.88. The third-order valence-electron chi connectivity index (χ3n) is 2.88. The Hall–Kier alpha value is -0.900. The number of nitrogens with one attached hydrogen (secondary N) is 1. The molecular weight excluding hydrogens is 164 g/mol. The minimum Gasteiger partial charge on any atom is -0.313 e. The molecule has 2 heterocycles. The Labute approximate surface area is 78.3 Å². The number of hydrogen-bond acceptors (Lipinski definition) is 3. The normalized spacial score (nSPS) is 33.9. The van der Waals surface area contributed by atoms with Crippen molar-refractivity contribution < 1.29 is 0 Å². The van der Waals surface area contributed by atoms with E-state index < -0.39 is 0 Å². The summed E-state index contributed by atoms with van der Waals surface area (Å²) in [5.41, 5.74) is 1.12. The average molecular weight is 180 g/mol. The first-order chi connectivity index (χ1) is 6.18. The summed E-state index contributed by atoms with van der Waals surface area (Å²) in [6.07, 6.45) is 2.02. The van der Waals surface area contributed by atoms with Crippen molar-refractivity contribution in [1.82, 2.24) is 20.3 Å². The molecule has 1 aromatic rings. The first-order valence-corrected chi connectivity index (χ1v) is 4.78. The van der Waals surface area contributed by atoms with Crippen LogP contribution < -0.4 is 5.32 Å². The molecule has 4 nitrogen and oxygen atoms in total. The van der Waals surface area contributed by atoms with Gasteiger partial charge in [-0.3, -0.25) is 4.68 Å². The lowest BCUT2D eigenvalue weighted by Crippen LogP contribution is -2.22. The summed E-state index contributed by atoms with van der Waals surface area (Å²) in [7, 11) is 1.91. The van der Waals surface area contributed by atoms with Crippen LogP contribution in [0.1, 0.15) is 25.5 Å². The second kappa shape index (κ2) is 3.10. The molecule has 72 valence electrons. The maximum absolute atomic E-state index is 4.17. The fourth-order valence-electron chi connectivity index (χ4n) is 2.18. The fraction of sp³-hybridized carbons (Fsp3) is 0.778. The molecule has 1 aromatic heterocycles. The van der Waals surface area contributed by atoms with Gasteiger partial charge < -0.3 is 5.32 Å². The zero-order chi connectivity index (χ0) is 9.42. The second-order valence-electron chi connectivity index (χ2n) is 4.02. The molecule has 3 atom stereocenters. The van der Waals surface area contributed by atoms with E-state index in [0.717, 1.165) is 12.2 Å². The van der Waals surface area contributed by atoms with Gasteiger partial charge in [0, 0.05) is 25.2 Å². The van der Waals surface area contributed by atoms with Crippen LogP contribution in [0.2, 0.25) is 0 Å². The predicted molar refractivity (Wildman–Crippen MR) is 50.4 cm³/mol. The summed E-state index contributed by atoms with van der Waals surface area (Å²) >= 11 is 0. The van der Waals surface area contributed by atoms with Crippen LogP contribution in [0.25, 0.3) is 0 Å². The minimum atomic E-state index is 0.520. The van der Waals surface area contributed by atoms with E-state index in [-0.39, 0.29) is 0 Å². The molecule has 0 spiro atoms. The fourth-order valence-corrected chi connectivity index (χ4v) is 2.18. The standard InChI is InChI=1S/C9H16N4/c1-6-4-10-7(2)9(6)8-5-13(3)12-11-8/h5-7,9-10H,4H2,1-3H3. The van der Waals surface area contributed by atoms with Gasteiger partial charge in [0.05, 0.1) is 5.69 Å². The number of nitrogens with zero attached hydrogens (tertiary/aromatic N) is 3. The smallest absolute Gasteiger partial charge is 0.0876 e. The van der Waals surface area contributed by atoms with Crippen molar-refractivity contribution >= 4 is 0 Å². The Bertz CT molecular complexity index is 284. The summed E-state index contributed by atoms with van der Waals surface area (Å²) < 4.78 is 1.77. The maximum atomic E-state index is 4.17. The lowest BCUT2D eigenvalue weighted by Gasteiger charge is -2.15. The molecule has 0 bridgehead atoms. The highest BCUT2D eigenvalue weighted by Gasteiger charge is 2.32. The van der Waals surface area contributed by atoms with Crippen molar-refractivity contribution in [3.63, 3.8) is 0 Å². The molecule has 0 radical (unpaired) electrons. The van der Waals surface area contributed by atoms with E-state index in [9.17, 15) is 0 Å². The highest BCUT2D eigenvalue weighted by molar-refractivity contribution is 5.10. The van der Waals surface area contributed by atoms with Crippen LogP contribution in [0.4, 0.5) is 0 Å². The van der Waals surface area contributed by atoms with E-state index in [1.807, 2.05) is 13.2 Å². The van der Waals surface area contributed by atoms with E-state index in [2.05, 4.69) is 29.5 Å². The van der Waals surface area contributed by atoms with E-state index in [1.54, 1.807) is 4.68 Å². The largest absolute Gasteiger partial charge is 0.313 e. The summed E-state index contributed by atoms with van der Waals surface area (Å²) in [5, 5.41) is 11.6. The van der Waals surface area contributed by atoms with Crippen LogP contribution >= 0.6 is 0 Å². The van der Waals surface area contributed by atoms with Crippen molar-refractivity contribution in [2.75, 3.05) is 6.54 Å². The van der Waals surface area contributed by atoms with E-state index >= 15 is 0 Å². The van der Waals surface area contributed by atoms with Crippen molar-refractivity contribution in [3.8, 4) is 0 Å². The SMILES string of the molecule is CC1CNC(C)C1c1cn(C)nn1. The molecule has 1 fully saturated rings. The van der Waals surface area contributed by atoms with Gasteiger partial charge in [0.1, 0.15) is 0 Å². The molecule has 13 heavy (non-hydrogen) atoms. The zero-order valence-electron chi connectivity index (χ0n) is 8.36. The Morgan fingerprint density at radius 2 is 2.31 bits per heavy atom. The van der Waals surface area contributed by atoms with Gasteiger partial charge in [-0.2, -0.15) is 0 Å². The number of aryl methyl sites for hydroxylation is 1. The quantitative estimate of drug-likeness (QED) is 0.685. The molecular formula is C9H16N4. The Morgan fingerprint density at radius 3 is 2.77 bits per heavy atom. The zero-order valence-corrected chi connectivity index (χ0v) is 8.36. The van der Waals surface area contributed by atoms with Crippen LogP contribution in [0, 0.1) is 5.92 Å². The van der Waals surface area contributed by atoms with Crippen molar-refractivity contribution in [1.29, 1.82) is 0 Å². The van der Waals surface area contributed by atoms with Gasteiger partial charge in [0.2, 0.25) is 0 Å². The predicted octanol–water partition coefficient (Wildman–Crippen LogP) is 0.526. The maximum Gasteiger partial charge on any atom is 0.0876 e. The molecule has 0 saturated carbocycles. The van der Waals surface area contributed by atoms with Gasteiger partial charge in [-0.25, -0.2) is 0 Å². The summed E-state index contributed by atoms with van der Waals surface area (Å²) in [5.74, 6) is 1.18. The third kappa shape index (κ3) is 1.46. The average Bonchev–Trinajstić information content (AvgIpc) is 2.60. The molecule has 0 amide bonds. The Balaban J connectivity index is 2.24. The molecule has 1 N–H and O–H groups in total. The van der Waals surface area contributed by atoms with Gasteiger partial charge in [-0.05, 0) is 19.4 Å². The van der Waals surface area contributed by atoms with Crippen molar-refractivity contribution in [2.45, 2.75) is 25.8 Å². The Kier molecular flexibility index (Phi) is 2.07. The summed E-state index contributed by atoms with van der Waals surface area (Å²) in [4.78, 5) is 0. The van der Waals surface area contributed by atoms with Crippen LogP contribution in [0.5, 0.6) is 0 Å². The summed E-state index contributed by atoms with van der Waals surface area (Å²) in [6, 6.07) is 0.520. The number of hydrogen-bond donors (Lipinski definition) is 1. The Morgan fingerprint density at radius 1 is 1.54 bits per heavy atom. The van der Waals surface area contributed by atoms with Crippen molar-refractivity contribution in [2.24, 2.45) is 13.0 Å². The molecule has 0 aromatic carbocycles. The van der Waals surface area contributed by atoms with Gasteiger partial charge in [-0.1, -0.05) is 12.1 Å². The first-order valence-electron chi connectivity index (χ1n) is 4.78. The first kappa shape index (κ1) is 8.69.